The molecule has 0 bridgehead atoms. The monoisotopic (exact) mass is 251 g/mol. The van der Waals surface area contributed by atoms with Crippen LogP contribution in [0.1, 0.15) is 18.4 Å². The third kappa shape index (κ3) is 4.55. The summed E-state index contributed by atoms with van der Waals surface area (Å²) in [6.07, 6.45) is 0.946. The molecule has 0 spiro atoms. The molecule has 0 saturated carbocycles. The van der Waals surface area contributed by atoms with Crippen LogP contribution in [0.5, 0.6) is 0 Å². The van der Waals surface area contributed by atoms with Crippen molar-refractivity contribution in [1.29, 1.82) is 0 Å². The topological polar surface area (TPSA) is 101 Å². The first-order chi connectivity index (χ1) is 8.50. The number of hydrogen-bond acceptors (Lipinski definition) is 3. The normalized spacial score (nSPS) is 13.8. The molecule has 98 valence electrons. The Bertz CT molecular complexity index is 405. The number of hydrogen-bond donors (Lipinski definition) is 3. The Labute approximate surface area is 105 Å². The lowest BCUT2D eigenvalue weighted by atomic mass is 9.93. The predicted molar refractivity (Wildman–Crippen MR) is 66.1 cm³/mol. The first-order valence-corrected chi connectivity index (χ1v) is 5.76. The molecule has 0 unspecified atom stereocenters. The average Bonchev–Trinajstić information content (AvgIpc) is 2.34. The summed E-state index contributed by atoms with van der Waals surface area (Å²) in [5.41, 5.74) is 6.40. The molecule has 4 N–H and O–H groups in total. The van der Waals surface area contributed by atoms with Gasteiger partial charge in [0.2, 0.25) is 0 Å². The van der Waals surface area contributed by atoms with E-state index in [1.807, 2.05) is 30.3 Å². The van der Waals surface area contributed by atoms with Gasteiger partial charge in [-0.1, -0.05) is 30.3 Å². The summed E-state index contributed by atoms with van der Waals surface area (Å²) in [6, 6.07) is 8.36. The Hall–Kier alpha value is -1.88. The van der Waals surface area contributed by atoms with Crippen molar-refractivity contribution in [2.45, 2.75) is 25.3 Å². The largest absolute Gasteiger partial charge is 0.481 e. The zero-order valence-electron chi connectivity index (χ0n) is 9.95. The van der Waals surface area contributed by atoms with Crippen molar-refractivity contribution in [3.05, 3.63) is 35.9 Å². The third-order valence-electron chi connectivity index (χ3n) is 2.83. The molecule has 0 aliphatic heterocycles. The highest BCUT2D eigenvalue weighted by Crippen LogP contribution is 2.15. The molecule has 0 heterocycles. The average molecular weight is 251 g/mol. The summed E-state index contributed by atoms with van der Waals surface area (Å²) in [4.78, 5) is 21.6. The van der Waals surface area contributed by atoms with Gasteiger partial charge in [-0.05, 0) is 24.8 Å². The molecular formula is C13H17NO4. The van der Waals surface area contributed by atoms with E-state index in [2.05, 4.69) is 0 Å². The van der Waals surface area contributed by atoms with E-state index in [4.69, 9.17) is 15.9 Å². The molecule has 0 amide bonds. The fourth-order valence-electron chi connectivity index (χ4n) is 1.74. The van der Waals surface area contributed by atoms with Crippen molar-refractivity contribution < 1.29 is 19.8 Å². The van der Waals surface area contributed by atoms with E-state index in [9.17, 15) is 9.59 Å². The van der Waals surface area contributed by atoms with E-state index in [1.165, 1.54) is 0 Å². The fourth-order valence-corrected chi connectivity index (χ4v) is 1.74. The Morgan fingerprint density at radius 3 is 2.22 bits per heavy atom. The number of aliphatic carboxylic acids is 2. The lowest BCUT2D eigenvalue weighted by Gasteiger charge is -2.14. The number of aryl methyl sites for hydroxylation is 1. The van der Waals surface area contributed by atoms with E-state index in [0.717, 1.165) is 5.56 Å². The van der Waals surface area contributed by atoms with Crippen molar-refractivity contribution >= 4 is 11.9 Å². The molecule has 5 heteroatoms. The summed E-state index contributed by atoms with van der Waals surface area (Å²) in [5.74, 6) is -2.89. The van der Waals surface area contributed by atoms with Gasteiger partial charge in [0, 0.05) is 0 Å². The number of carboxylic acids is 2. The van der Waals surface area contributed by atoms with Gasteiger partial charge in [-0.15, -0.1) is 0 Å². The Morgan fingerprint density at radius 2 is 1.72 bits per heavy atom. The molecule has 1 aromatic rings. The van der Waals surface area contributed by atoms with Crippen LogP contribution in [0.2, 0.25) is 0 Å². The zero-order chi connectivity index (χ0) is 13.5. The third-order valence-corrected chi connectivity index (χ3v) is 2.83. The summed E-state index contributed by atoms with van der Waals surface area (Å²) in [7, 11) is 0. The van der Waals surface area contributed by atoms with Crippen LogP contribution in [0.25, 0.3) is 0 Å². The van der Waals surface area contributed by atoms with Crippen LogP contribution in [0.4, 0.5) is 0 Å². The Morgan fingerprint density at radius 1 is 1.11 bits per heavy atom. The Balaban J connectivity index is 2.53. The summed E-state index contributed by atoms with van der Waals surface area (Å²) in [6.45, 7) is 0. The molecule has 0 aliphatic rings. The molecule has 18 heavy (non-hydrogen) atoms. The number of carboxylic acid groups (broad SMARTS) is 2. The highest BCUT2D eigenvalue weighted by Gasteiger charge is 2.23. The molecule has 2 atom stereocenters. The van der Waals surface area contributed by atoms with Crippen molar-refractivity contribution in [1.82, 2.24) is 0 Å². The van der Waals surface area contributed by atoms with E-state index < -0.39 is 23.9 Å². The van der Waals surface area contributed by atoms with E-state index in [-0.39, 0.29) is 6.42 Å². The second-order valence-electron chi connectivity index (χ2n) is 4.24. The van der Waals surface area contributed by atoms with E-state index >= 15 is 0 Å². The number of rotatable bonds is 7. The molecule has 0 aliphatic carbocycles. The molecule has 1 rings (SSSR count). The predicted octanol–water partition coefficient (Wildman–Crippen LogP) is 1.12. The number of nitrogens with two attached hydrogens (primary N) is 1. The fraction of sp³-hybridized carbons (Fsp3) is 0.385. The van der Waals surface area contributed by atoms with Gasteiger partial charge in [0.1, 0.15) is 6.04 Å². The van der Waals surface area contributed by atoms with Crippen molar-refractivity contribution in [2.75, 3.05) is 0 Å². The minimum atomic E-state index is -1.17. The van der Waals surface area contributed by atoms with Gasteiger partial charge >= 0.3 is 11.9 Å². The van der Waals surface area contributed by atoms with Crippen LogP contribution >= 0.6 is 0 Å². The van der Waals surface area contributed by atoms with Crippen LogP contribution in [0.15, 0.2) is 30.3 Å². The first-order valence-electron chi connectivity index (χ1n) is 5.76. The van der Waals surface area contributed by atoms with Crippen LogP contribution in [-0.2, 0) is 16.0 Å². The second kappa shape index (κ2) is 6.76. The van der Waals surface area contributed by atoms with Crippen LogP contribution in [0, 0.1) is 5.92 Å². The molecule has 1 aromatic carbocycles. The quantitative estimate of drug-likeness (QED) is 0.674. The summed E-state index contributed by atoms with van der Waals surface area (Å²) >= 11 is 0. The van der Waals surface area contributed by atoms with Gasteiger partial charge in [0.05, 0.1) is 5.92 Å². The minimum absolute atomic E-state index is 0.0441. The maximum atomic E-state index is 11.0. The van der Waals surface area contributed by atoms with Gasteiger partial charge in [-0.3, -0.25) is 9.59 Å². The maximum Gasteiger partial charge on any atom is 0.320 e. The number of carbonyl (C=O) groups is 2. The standard InChI is InChI=1S/C13H17NO4/c14-11(13(17)18)8-10(12(15)16)7-6-9-4-2-1-3-5-9/h1-5,10-11H,6-8,14H2,(H,15,16)(H,17,18)/t10-,11+/m1/s1. The lowest BCUT2D eigenvalue weighted by molar-refractivity contribution is -0.143. The van der Waals surface area contributed by atoms with Crippen LogP contribution in [-0.4, -0.2) is 28.2 Å². The van der Waals surface area contributed by atoms with Crippen molar-refractivity contribution in [2.24, 2.45) is 11.7 Å². The second-order valence-corrected chi connectivity index (χ2v) is 4.24. The summed E-state index contributed by atoms with van der Waals surface area (Å²) in [5, 5.41) is 17.7. The van der Waals surface area contributed by atoms with Crippen molar-refractivity contribution in [3.8, 4) is 0 Å². The SMILES string of the molecule is N[C@@H](C[C@@H](CCc1ccccc1)C(=O)O)C(=O)O. The molecule has 5 nitrogen and oxygen atoms in total. The summed E-state index contributed by atoms with van der Waals surface area (Å²) < 4.78 is 0. The molecule has 0 saturated heterocycles. The highest BCUT2D eigenvalue weighted by molar-refractivity contribution is 5.75. The minimum Gasteiger partial charge on any atom is -0.481 e. The maximum absolute atomic E-state index is 11.0. The molecule has 0 fully saturated rings. The van der Waals surface area contributed by atoms with Gasteiger partial charge in [0.15, 0.2) is 0 Å². The van der Waals surface area contributed by atoms with Crippen molar-refractivity contribution in [3.63, 3.8) is 0 Å². The zero-order valence-corrected chi connectivity index (χ0v) is 9.95. The first kappa shape index (κ1) is 14.2. The van der Waals surface area contributed by atoms with Gasteiger partial charge in [0.25, 0.3) is 0 Å². The highest BCUT2D eigenvalue weighted by atomic mass is 16.4. The smallest absolute Gasteiger partial charge is 0.320 e. The van der Waals surface area contributed by atoms with E-state index in [0.29, 0.717) is 12.8 Å². The van der Waals surface area contributed by atoms with Crippen LogP contribution in [0.3, 0.4) is 0 Å². The number of benzene rings is 1. The van der Waals surface area contributed by atoms with E-state index in [1.54, 1.807) is 0 Å². The van der Waals surface area contributed by atoms with Gasteiger partial charge in [-0.25, -0.2) is 0 Å². The van der Waals surface area contributed by atoms with Gasteiger partial charge in [-0.2, -0.15) is 0 Å². The molecule has 0 aromatic heterocycles. The van der Waals surface area contributed by atoms with Gasteiger partial charge < -0.3 is 15.9 Å². The molecular weight excluding hydrogens is 234 g/mol. The molecule has 0 radical (unpaired) electrons. The van der Waals surface area contributed by atoms with Crippen LogP contribution < -0.4 is 5.73 Å². The Kier molecular flexibility index (Phi) is 5.32. The lowest BCUT2D eigenvalue weighted by Crippen LogP contribution is -2.34.